The molecule has 0 fully saturated rings. The van der Waals surface area contributed by atoms with Crippen LogP contribution in [-0.2, 0) is 0 Å². The number of nitrogens with two attached hydrogens (primary N) is 1. The number of nitrogens with one attached hydrogen (secondary N) is 1. The van der Waals surface area contributed by atoms with E-state index >= 15 is 0 Å². The highest BCUT2D eigenvalue weighted by Crippen LogP contribution is 2.16. The SMILES string of the molecule is Cc1cc(C(=O)Nc2ccc(F)c(C(N)=S)c2)on1. The van der Waals surface area contributed by atoms with E-state index in [9.17, 15) is 9.18 Å². The van der Waals surface area contributed by atoms with Gasteiger partial charge in [-0.05, 0) is 25.1 Å². The molecule has 1 aromatic carbocycles. The summed E-state index contributed by atoms with van der Waals surface area (Å²) in [5, 5.41) is 6.14. The van der Waals surface area contributed by atoms with Crippen molar-refractivity contribution in [2.24, 2.45) is 5.73 Å². The molecule has 2 rings (SSSR count). The highest BCUT2D eigenvalue weighted by atomic mass is 32.1. The van der Waals surface area contributed by atoms with E-state index in [2.05, 4.69) is 10.5 Å². The van der Waals surface area contributed by atoms with E-state index in [1.807, 2.05) is 0 Å². The molecular weight excluding hydrogens is 269 g/mol. The van der Waals surface area contributed by atoms with Gasteiger partial charge in [-0.15, -0.1) is 0 Å². The van der Waals surface area contributed by atoms with Gasteiger partial charge in [0.05, 0.1) is 5.69 Å². The second-order valence-electron chi connectivity index (χ2n) is 3.85. The molecule has 19 heavy (non-hydrogen) atoms. The molecule has 0 bridgehead atoms. The van der Waals surface area contributed by atoms with Crippen molar-refractivity contribution in [3.05, 3.63) is 47.1 Å². The van der Waals surface area contributed by atoms with E-state index < -0.39 is 11.7 Å². The fourth-order valence-electron chi connectivity index (χ4n) is 1.46. The average molecular weight is 279 g/mol. The van der Waals surface area contributed by atoms with Gasteiger partial charge in [0, 0.05) is 17.3 Å². The lowest BCUT2D eigenvalue weighted by atomic mass is 10.2. The van der Waals surface area contributed by atoms with E-state index in [0.29, 0.717) is 11.4 Å². The van der Waals surface area contributed by atoms with Gasteiger partial charge in [-0.3, -0.25) is 4.79 Å². The summed E-state index contributed by atoms with van der Waals surface area (Å²) in [4.78, 5) is 11.7. The zero-order valence-electron chi connectivity index (χ0n) is 9.94. The number of amides is 1. The Hall–Kier alpha value is -2.28. The number of thiocarbonyl (C=S) groups is 1. The van der Waals surface area contributed by atoms with E-state index in [1.54, 1.807) is 6.92 Å². The van der Waals surface area contributed by atoms with E-state index in [-0.39, 0.29) is 16.3 Å². The average Bonchev–Trinajstić information content (AvgIpc) is 2.78. The number of hydrogen-bond acceptors (Lipinski definition) is 4. The Morgan fingerprint density at radius 2 is 2.21 bits per heavy atom. The Kier molecular flexibility index (Phi) is 3.57. The summed E-state index contributed by atoms with van der Waals surface area (Å²) in [6, 6.07) is 5.43. The van der Waals surface area contributed by atoms with Crippen molar-refractivity contribution < 1.29 is 13.7 Å². The van der Waals surface area contributed by atoms with Gasteiger partial charge in [0.25, 0.3) is 5.91 Å². The lowest BCUT2D eigenvalue weighted by molar-refractivity contribution is 0.0988. The molecule has 0 saturated carbocycles. The third-order valence-electron chi connectivity index (χ3n) is 2.34. The van der Waals surface area contributed by atoms with Crippen LogP contribution in [0, 0.1) is 12.7 Å². The normalized spacial score (nSPS) is 10.2. The minimum Gasteiger partial charge on any atom is -0.389 e. The van der Waals surface area contributed by atoms with Crippen LogP contribution in [0.25, 0.3) is 0 Å². The molecule has 0 aliphatic carbocycles. The molecular formula is C12H10FN3O2S. The van der Waals surface area contributed by atoms with Gasteiger partial charge in [0.1, 0.15) is 10.8 Å². The van der Waals surface area contributed by atoms with Gasteiger partial charge >= 0.3 is 0 Å². The number of aromatic nitrogens is 1. The minimum atomic E-state index is -0.541. The van der Waals surface area contributed by atoms with Crippen LogP contribution < -0.4 is 11.1 Å². The Labute approximate surface area is 113 Å². The van der Waals surface area contributed by atoms with Gasteiger partial charge in [0.15, 0.2) is 0 Å². The van der Waals surface area contributed by atoms with Crippen molar-refractivity contribution in [2.45, 2.75) is 6.92 Å². The number of benzene rings is 1. The molecule has 1 heterocycles. The summed E-state index contributed by atoms with van der Waals surface area (Å²) in [5.74, 6) is -0.958. The Morgan fingerprint density at radius 3 is 2.79 bits per heavy atom. The fraction of sp³-hybridized carbons (Fsp3) is 0.0833. The first kappa shape index (κ1) is 13.2. The lowest BCUT2D eigenvalue weighted by Crippen LogP contribution is -2.14. The van der Waals surface area contributed by atoms with Crippen LogP contribution in [0.2, 0.25) is 0 Å². The van der Waals surface area contributed by atoms with Crippen LogP contribution in [0.1, 0.15) is 21.8 Å². The number of aryl methyl sites for hydroxylation is 1. The first-order chi connectivity index (χ1) is 8.97. The minimum absolute atomic E-state index is 0.0682. The zero-order chi connectivity index (χ0) is 14.0. The van der Waals surface area contributed by atoms with Crippen molar-refractivity contribution in [2.75, 3.05) is 5.32 Å². The first-order valence-electron chi connectivity index (χ1n) is 5.31. The molecule has 0 aliphatic rings. The molecule has 2 aromatic rings. The number of halogens is 1. The smallest absolute Gasteiger partial charge is 0.294 e. The maximum atomic E-state index is 13.4. The monoisotopic (exact) mass is 279 g/mol. The number of anilines is 1. The molecule has 0 unspecified atom stereocenters. The Morgan fingerprint density at radius 1 is 1.47 bits per heavy atom. The lowest BCUT2D eigenvalue weighted by Gasteiger charge is -2.06. The maximum Gasteiger partial charge on any atom is 0.294 e. The summed E-state index contributed by atoms with van der Waals surface area (Å²) in [6.45, 7) is 1.70. The van der Waals surface area contributed by atoms with Crippen LogP contribution in [0.4, 0.5) is 10.1 Å². The van der Waals surface area contributed by atoms with Crippen molar-refractivity contribution >= 4 is 28.8 Å². The molecule has 0 aliphatic heterocycles. The van der Waals surface area contributed by atoms with E-state index in [4.69, 9.17) is 22.5 Å². The topological polar surface area (TPSA) is 81.2 Å². The van der Waals surface area contributed by atoms with E-state index in [1.165, 1.54) is 24.3 Å². The quantitative estimate of drug-likeness (QED) is 0.840. The third kappa shape index (κ3) is 2.94. The number of carbonyl (C=O) groups excluding carboxylic acids is 1. The number of rotatable bonds is 3. The first-order valence-corrected chi connectivity index (χ1v) is 5.72. The Bertz CT molecular complexity index is 654. The molecule has 1 aromatic heterocycles. The second kappa shape index (κ2) is 5.15. The summed E-state index contributed by atoms with van der Waals surface area (Å²) < 4.78 is 18.2. The van der Waals surface area contributed by atoms with Gasteiger partial charge in [-0.25, -0.2) is 4.39 Å². The van der Waals surface area contributed by atoms with Gasteiger partial charge in [-0.2, -0.15) is 0 Å². The van der Waals surface area contributed by atoms with Gasteiger partial charge in [0.2, 0.25) is 5.76 Å². The molecule has 5 nitrogen and oxygen atoms in total. The van der Waals surface area contributed by atoms with Crippen LogP contribution in [-0.4, -0.2) is 16.1 Å². The van der Waals surface area contributed by atoms with Crippen LogP contribution in [0.15, 0.2) is 28.8 Å². The van der Waals surface area contributed by atoms with Crippen molar-refractivity contribution in [1.82, 2.24) is 5.16 Å². The summed E-state index contributed by atoms with van der Waals surface area (Å²) in [5.41, 5.74) is 6.40. The largest absolute Gasteiger partial charge is 0.389 e. The van der Waals surface area contributed by atoms with Crippen LogP contribution >= 0.6 is 12.2 Å². The van der Waals surface area contributed by atoms with E-state index in [0.717, 1.165) is 0 Å². The number of carbonyl (C=O) groups is 1. The predicted octanol–water partition coefficient (Wildman–Crippen LogP) is 2.01. The Balaban J connectivity index is 2.22. The van der Waals surface area contributed by atoms with Gasteiger partial charge in [-0.1, -0.05) is 17.4 Å². The highest BCUT2D eigenvalue weighted by Gasteiger charge is 2.13. The van der Waals surface area contributed by atoms with Crippen LogP contribution in [0.5, 0.6) is 0 Å². The molecule has 3 N–H and O–H groups in total. The second-order valence-corrected chi connectivity index (χ2v) is 4.29. The highest BCUT2D eigenvalue weighted by molar-refractivity contribution is 7.80. The molecule has 0 spiro atoms. The molecule has 98 valence electrons. The van der Waals surface area contributed by atoms with Crippen molar-refractivity contribution in [1.29, 1.82) is 0 Å². The fourth-order valence-corrected chi connectivity index (χ4v) is 1.61. The maximum absolute atomic E-state index is 13.4. The van der Waals surface area contributed by atoms with Crippen molar-refractivity contribution in [3.63, 3.8) is 0 Å². The molecule has 1 amide bonds. The summed E-state index contributed by atoms with van der Waals surface area (Å²) in [6.07, 6.45) is 0. The number of hydrogen-bond donors (Lipinski definition) is 2. The predicted molar refractivity (Wildman–Crippen MR) is 71.5 cm³/mol. The summed E-state index contributed by atoms with van der Waals surface area (Å²) in [7, 11) is 0. The van der Waals surface area contributed by atoms with Gasteiger partial charge < -0.3 is 15.6 Å². The molecule has 7 heteroatoms. The number of nitrogens with zero attached hydrogens (tertiary/aromatic N) is 1. The van der Waals surface area contributed by atoms with Crippen molar-refractivity contribution in [3.8, 4) is 0 Å². The molecule has 0 atom stereocenters. The zero-order valence-corrected chi connectivity index (χ0v) is 10.8. The van der Waals surface area contributed by atoms with Crippen LogP contribution in [0.3, 0.4) is 0 Å². The molecule has 0 radical (unpaired) electrons. The third-order valence-corrected chi connectivity index (χ3v) is 2.56. The summed E-state index contributed by atoms with van der Waals surface area (Å²) >= 11 is 4.72. The standard InChI is InChI=1S/C12H10FN3O2S/c1-6-4-10(18-16-6)12(17)15-7-2-3-9(13)8(5-7)11(14)19/h2-5H,1H3,(H2,14,19)(H,15,17). The molecule has 0 saturated heterocycles.